The SMILES string of the molecule is COc1cc(F)c(-c2c(NC(=O)c3ccc(OC(F)F)cc3)c(=O)n(-c3cccc(OCC(C)(C)O)n3)n2C)c(F)c1. The van der Waals surface area contributed by atoms with Gasteiger partial charge >= 0.3 is 6.61 Å². The van der Waals surface area contributed by atoms with Crippen LogP contribution in [0.25, 0.3) is 17.1 Å². The lowest BCUT2D eigenvalue weighted by molar-refractivity contribution is -0.0498. The molecule has 0 aliphatic carbocycles. The highest BCUT2D eigenvalue weighted by molar-refractivity contribution is 6.06. The molecule has 2 aromatic heterocycles. The van der Waals surface area contributed by atoms with E-state index in [-0.39, 0.29) is 41.1 Å². The lowest BCUT2D eigenvalue weighted by atomic mass is 10.1. The normalized spacial score (nSPS) is 11.5. The standard InChI is InChI=1S/C28H26F4N4O6/c1-28(2,39)14-41-21-7-5-6-20(33-21)36-26(38)23(34-25(37)15-8-10-16(11-9-15)42-27(31)32)24(35(36)3)22-18(29)12-17(40-4)13-19(22)30/h5-13,27,39H,14H2,1-4H3,(H,34,37). The van der Waals surface area contributed by atoms with Gasteiger partial charge in [-0.25, -0.2) is 8.78 Å². The molecule has 0 aliphatic rings. The Kier molecular flexibility index (Phi) is 8.56. The summed E-state index contributed by atoms with van der Waals surface area (Å²) >= 11 is 0. The molecule has 4 rings (SSSR count). The van der Waals surface area contributed by atoms with Gasteiger partial charge in [0.25, 0.3) is 11.5 Å². The Balaban J connectivity index is 1.84. The van der Waals surface area contributed by atoms with Gasteiger partial charge in [-0.2, -0.15) is 18.4 Å². The highest BCUT2D eigenvalue weighted by Crippen LogP contribution is 2.34. The lowest BCUT2D eigenvalue weighted by Crippen LogP contribution is -2.28. The Labute approximate surface area is 236 Å². The number of ether oxygens (including phenoxy) is 3. The van der Waals surface area contributed by atoms with Gasteiger partial charge in [0.1, 0.15) is 41.1 Å². The zero-order valence-corrected chi connectivity index (χ0v) is 22.8. The molecule has 1 amide bonds. The molecular weight excluding hydrogens is 564 g/mol. The number of methoxy groups -OCH3 is 1. The van der Waals surface area contributed by atoms with E-state index in [1.165, 1.54) is 58.3 Å². The van der Waals surface area contributed by atoms with Crippen LogP contribution in [0.1, 0.15) is 24.2 Å². The summed E-state index contributed by atoms with van der Waals surface area (Å²) in [6.45, 7) is -0.146. The molecule has 0 saturated heterocycles. The van der Waals surface area contributed by atoms with Crippen molar-refractivity contribution < 1.29 is 41.7 Å². The van der Waals surface area contributed by atoms with Gasteiger partial charge in [-0.05, 0) is 44.2 Å². The number of carbonyl (C=O) groups is 1. The Hall–Kier alpha value is -4.85. The van der Waals surface area contributed by atoms with Crippen molar-refractivity contribution in [3.63, 3.8) is 0 Å². The Morgan fingerprint density at radius 3 is 2.29 bits per heavy atom. The zero-order chi connectivity index (χ0) is 30.8. The van der Waals surface area contributed by atoms with Gasteiger partial charge < -0.3 is 24.6 Å². The maximum absolute atomic E-state index is 15.3. The van der Waals surface area contributed by atoms with Crippen molar-refractivity contribution in [1.29, 1.82) is 0 Å². The van der Waals surface area contributed by atoms with Crippen LogP contribution in [0, 0.1) is 11.6 Å². The molecular formula is C28H26F4N4O6. The largest absolute Gasteiger partial charge is 0.497 e. The van der Waals surface area contributed by atoms with Gasteiger partial charge in [-0.1, -0.05) is 6.07 Å². The van der Waals surface area contributed by atoms with Crippen LogP contribution >= 0.6 is 0 Å². The van der Waals surface area contributed by atoms with Gasteiger partial charge in [0, 0.05) is 30.8 Å². The number of hydrogen-bond donors (Lipinski definition) is 2. The number of aromatic nitrogens is 3. The van der Waals surface area contributed by atoms with E-state index < -0.39 is 46.6 Å². The van der Waals surface area contributed by atoms with E-state index in [9.17, 15) is 23.5 Å². The predicted molar refractivity (Wildman–Crippen MR) is 144 cm³/mol. The Morgan fingerprint density at radius 2 is 1.71 bits per heavy atom. The zero-order valence-electron chi connectivity index (χ0n) is 22.8. The summed E-state index contributed by atoms with van der Waals surface area (Å²) in [5.41, 5.74) is -3.62. The molecule has 2 N–H and O–H groups in total. The van der Waals surface area contributed by atoms with Gasteiger partial charge in [-0.15, -0.1) is 0 Å². The van der Waals surface area contributed by atoms with E-state index in [0.717, 1.165) is 33.6 Å². The molecule has 14 heteroatoms. The first-order valence-electron chi connectivity index (χ1n) is 12.3. The average molecular weight is 591 g/mol. The third kappa shape index (κ3) is 6.54. The van der Waals surface area contributed by atoms with E-state index in [1.54, 1.807) is 0 Å². The number of anilines is 1. The van der Waals surface area contributed by atoms with Crippen molar-refractivity contribution in [2.75, 3.05) is 19.0 Å². The Bertz CT molecular complexity index is 1640. The van der Waals surface area contributed by atoms with Crippen LogP contribution in [0.5, 0.6) is 17.4 Å². The van der Waals surface area contributed by atoms with Crippen molar-refractivity contribution in [2.45, 2.75) is 26.1 Å². The second-order valence-electron chi connectivity index (χ2n) is 9.62. The van der Waals surface area contributed by atoms with E-state index in [4.69, 9.17) is 9.47 Å². The number of benzene rings is 2. The number of carbonyl (C=O) groups excluding carboxylic acids is 1. The number of halogens is 4. The minimum Gasteiger partial charge on any atom is -0.497 e. The van der Waals surface area contributed by atoms with Crippen LogP contribution in [0.3, 0.4) is 0 Å². The monoisotopic (exact) mass is 590 g/mol. The summed E-state index contributed by atoms with van der Waals surface area (Å²) in [5.74, 6) is -3.35. The molecule has 10 nitrogen and oxygen atoms in total. The minimum absolute atomic E-state index is 0.0275. The van der Waals surface area contributed by atoms with Crippen LogP contribution in [0.2, 0.25) is 0 Å². The van der Waals surface area contributed by atoms with E-state index in [2.05, 4.69) is 15.0 Å². The van der Waals surface area contributed by atoms with E-state index in [1.807, 2.05) is 0 Å². The molecule has 4 aromatic rings. The summed E-state index contributed by atoms with van der Waals surface area (Å²) in [6.07, 6.45) is 0. The first kappa shape index (κ1) is 30.1. The van der Waals surface area contributed by atoms with Gasteiger partial charge in [0.15, 0.2) is 5.82 Å². The molecule has 0 unspecified atom stereocenters. The molecule has 0 aliphatic heterocycles. The van der Waals surface area contributed by atoms with Crippen LogP contribution in [0.4, 0.5) is 23.2 Å². The topological polar surface area (TPSA) is 117 Å². The van der Waals surface area contributed by atoms with Crippen LogP contribution in [-0.4, -0.2) is 51.3 Å². The number of nitrogens with zero attached hydrogens (tertiary/aromatic N) is 3. The number of aliphatic hydroxyl groups is 1. The lowest BCUT2D eigenvalue weighted by Gasteiger charge is -2.17. The maximum Gasteiger partial charge on any atom is 0.387 e. The fourth-order valence-corrected chi connectivity index (χ4v) is 3.98. The quantitative estimate of drug-likeness (QED) is 0.261. The van der Waals surface area contributed by atoms with Gasteiger partial charge in [-0.3, -0.25) is 14.3 Å². The fourth-order valence-electron chi connectivity index (χ4n) is 3.98. The molecule has 0 spiro atoms. The first-order valence-corrected chi connectivity index (χ1v) is 12.3. The number of amides is 1. The molecule has 0 radical (unpaired) electrons. The Morgan fingerprint density at radius 1 is 1.07 bits per heavy atom. The number of nitrogens with one attached hydrogen (secondary N) is 1. The summed E-state index contributed by atoms with van der Waals surface area (Å²) in [4.78, 5) is 31.1. The molecule has 222 valence electrons. The molecule has 0 saturated carbocycles. The second kappa shape index (κ2) is 11.9. The maximum atomic E-state index is 15.3. The van der Waals surface area contributed by atoms with Crippen molar-refractivity contribution in [3.05, 3.63) is 82.1 Å². The molecule has 0 bridgehead atoms. The van der Waals surface area contributed by atoms with Crippen LogP contribution in [-0.2, 0) is 7.05 Å². The smallest absolute Gasteiger partial charge is 0.387 e. The molecule has 42 heavy (non-hydrogen) atoms. The fraction of sp³-hybridized carbons (Fsp3) is 0.250. The van der Waals surface area contributed by atoms with E-state index in [0.29, 0.717) is 0 Å². The average Bonchev–Trinajstić information content (AvgIpc) is 3.15. The predicted octanol–water partition coefficient (Wildman–Crippen LogP) is 4.53. The van der Waals surface area contributed by atoms with Gasteiger partial charge in [0.2, 0.25) is 5.88 Å². The molecule has 2 heterocycles. The first-order chi connectivity index (χ1) is 19.8. The van der Waals surface area contributed by atoms with Crippen molar-refractivity contribution in [2.24, 2.45) is 7.05 Å². The van der Waals surface area contributed by atoms with Gasteiger partial charge in [0.05, 0.1) is 18.3 Å². The summed E-state index contributed by atoms with van der Waals surface area (Å²) in [7, 11) is 2.56. The number of rotatable bonds is 10. The molecule has 2 aromatic carbocycles. The summed E-state index contributed by atoms with van der Waals surface area (Å²) < 4.78 is 72.3. The number of hydrogen-bond acceptors (Lipinski definition) is 7. The summed E-state index contributed by atoms with van der Waals surface area (Å²) in [5, 5.41) is 12.4. The third-order valence-electron chi connectivity index (χ3n) is 5.83. The molecule has 0 fully saturated rings. The van der Waals surface area contributed by atoms with Crippen molar-refractivity contribution >= 4 is 11.6 Å². The van der Waals surface area contributed by atoms with Crippen LogP contribution in [0.15, 0.2) is 59.4 Å². The van der Waals surface area contributed by atoms with Crippen molar-refractivity contribution in [1.82, 2.24) is 14.3 Å². The van der Waals surface area contributed by atoms with Crippen LogP contribution < -0.4 is 25.1 Å². The number of pyridine rings is 1. The number of alkyl halides is 2. The van der Waals surface area contributed by atoms with Crippen molar-refractivity contribution in [3.8, 4) is 34.5 Å². The second-order valence-corrected chi connectivity index (χ2v) is 9.62. The minimum atomic E-state index is -3.07. The highest BCUT2D eigenvalue weighted by Gasteiger charge is 2.28. The highest BCUT2D eigenvalue weighted by atomic mass is 19.3. The third-order valence-corrected chi connectivity index (χ3v) is 5.83. The summed E-state index contributed by atoms with van der Waals surface area (Å²) in [6, 6.07) is 10.8. The van der Waals surface area contributed by atoms with E-state index >= 15 is 8.78 Å². The molecule has 0 atom stereocenters.